The maximum atomic E-state index is 5.11. The van der Waals surface area contributed by atoms with Crippen LogP contribution in [0.15, 0.2) is 231 Å². The van der Waals surface area contributed by atoms with E-state index in [4.69, 9.17) is 29.9 Å². The lowest BCUT2D eigenvalue weighted by Crippen LogP contribution is -2.03. The zero-order chi connectivity index (χ0) is 44.1. The van der Waals surface area contributed by atoms with Gasteiger partial charge in [-0.25, -0.2) is 29.9 Å². The fourth-order valence-corrected chi connectivity index (χ4v) is 8.38. The Labute approximate surface area is 384 Å². The second kappa shape index (κ2) is 18.2. The fraction of sp³-hybridized carbons (Fsp3) is 0.0333. The van der Waals surface area contributed by atoms with Crippen LogP contribution in [0, 0.1) is 0 Å². The molecule has 8 aromatic carbocycles. The molecule has 0 unspecified atom stereocenters. The highest BCUT2D eigenvalue weighted by atomic mass is 15.0. The third-order valence-electron chi connectivity index (χ3n) is 11.9. The Balaban J connectivity index is 0.916. The number of allylic oxidation sites excluding steroid dienone is 4. The topological polar surface area (TPSA) is 77.3 Å². The molecule has 0 bridgehead atoms. The number of benzene rings is 8. The van der Waals surface area contributed by atoms with Gasteiger partial charge in [-0.15, -0.1) is 0 Å². The van der Waals surface area contributed by atoms with Gasteiger partial charge in [0.2, 0.25) is 0 Å². The summed E-state index contributed by atoms with van der Waals surface area (Å²) in [6.07, 6.45) is 8.24. The van der Waals surface area contributed by atoms with Gasteiger partial charge in [0.15, 0.2) is 34.9 Å². The Morgan fingerprint density at radius 1 is 0.242 bits per heavy atom. The highest BCUT2D eigenvalue weighted by Gasteiger charge is 2.17. The van der Waals surface area contributed by atoms with Gasteiger partial charge in [-0.3, -0.25) is 0 Å². The molecule has 2 aromatic heterocycles. The Bertz CT molecular complexity index is 3400. The lowest BCUT2D eigenvalue weighted by molar-refractivity contribution is 0.978. The van der Waals surface area contributed by atoms with Crippen LogP contribution in [-0.2, 0) is 0 Å². The molecule has 0 saturated carbocycles. The van der Waals surface area contributed by atoms with Crippen molar-refractivity contribution in [2.45, 2.75) is 12.8 Å². The standard InChI is InChI=1S/C60H42N6/c1-5-17-41(18-6-1)47-25-13-26-48(37-47)42-33-35-46(36-34-42)58-62-57(45-23-11-4-12-24-45)65-60(66-58)54-32-16-30-52(40-54)50-28-14-27-49(38-50)51-29-15-31-53(39-51)59-63-55(43-19-7-2-8-20-43)61-56(64-59)44-21-9-3-10-22-44/h1-9,11-21,23-40H,10,22H2. The molecule has 10 aromatic rings. The highest BCUT2D eigenvalue weighted by Crippen LogP contribution is 2.34. The number of hydrogen-bond donors (Lipinski definition) is 0. The minimum absolute atomic E-state index is 0.607. The van der Waals surface area contributed by atoms with E-state index >= 15 is 0 Å². The molecule has 0 radical (unpaired) electrons. The molecular formula is C60H42N6. The molecular weight excluding hydrogens is 805 g/mol. The van der Waals surface area contributed by atoms with Gasteiger partial charge in [0, 0.05) is 27.8 Å². The van der Waals surface area contributed by atoms with Crippen LogP contribution in [0.1, 0.15) is 18.7 Å². The van der Waals surface area contributed by atoms with Gasteiger partial charge < -0.3 is 0 Å². The van der Waals surface area contributed by atoms with E-state index in [-0.39, 0.29) is 0 Å². The smallest absolute Gasteiger partial charge is 0.164 e. The average molecular weight is 847 g/mol. The quantitative estimate of drug-likeness (QED) is 0.136. The van der Waals surface area contributed by atoms with Gasteiger partial charge in [0.1, 0.15) is 0 Å². The predicted octanol–water partition coefficient (Wildman–Crippen LogP) is 14.8. The summed E-state index contributed by atoms with van der Waals surface area (Å²) in [4.78, 5) is 30.2. The molecule has 0 aliphatic heterocycles. The molecule has 66 heavy (non-hydrogen) atoms. The summed E-state index contributed by atoms with van der Waals surface area (Å²) in [6, 6.07) is 73.4. The molecule has 0 spiro atoms. The van der Waals surface area contributed by atoms with Gasteiger partial charge in [-0.1, -0.05) is 206 Å². The van der Waals surface area contributed by atoms with Gasteiger partial charge in [0.25, 0.3) is 0 Å². The van der Waals surface area contributed by atoms with Crippen LogP contribution in [0.5, 0.6) is 0 Å². The summed E-state index contributed by atoms with van der Waals surface area (Å²) in [7, 11) is 0. The zero-order valence-corrected chi connectivity index (χ0v) is 36.0. The van der Waals surface area contributed by atoms with Crippen LogP contribution in [-0.4, -0.2) is 29.9 Å². The lowest BCUT2D eigenvalue weighted by atomic mass is 9.97. The molecule has 0 saturated heterocycles. The first-order chi connectivity index (χ1) is 32.7. The van der Waals surface area contributed by atoms with E-state index in [0.717, 1.165) is 85.4 Å². The first kappa shape index (κ1) is 40.1. The molecule has 1 aliphatic rings. The van der Waals surface area contributed by atoms with Gasteiger partial charge in [-0.2, -0.15) is 0 Å². The van der Waals surface area contributed by atoms with Crippen molar-refractivity contribution >= 4 is 5.57 Å². The maximum absolute atomic E-state index is 5.11. The van der Waals surface area contributed by atoms with E-state index in [0.29, 0.717) is 29.1 Å². The van der Waals surface area contributed by atoms with Crippen molar-refractivity contribution in [2.75, 3.05) is 0 Å². The van der Waals surface area contributed by atoms with Crippen molar-refractivity contribution in [1.29, 1.82) is 0 Å². The lowest BCUT2D eigenvalue weighted by Gasteiger charge is -2.12. The monoisotopic (exact) mass is 846 g/mol. The summed E-state index contributed by atoms with van der Waals surface area (Å²) < 4.78 is 0. The van der Waals surface area contributed by atoms with E-state index in [1.165, 1.54) is 11.1 Å². The third kappa shape index (κ3) is 8.64. The Kier molecular flexibility index (Phi) is 11.0. The molecule has 11 rings (SSSR count). The van der Waals surface area contributed by atoms with Crippen molar-refractivity contribution in [3.05, 3.63) is 236 Å². The van der Waals surface area contributed by atoms with Gasteiger partial charge in [0.05, 0.1) is 0 Å². The van der Waals surface area contributed by atoms with Crippen LogP contribution in [0.3, 0.4) is 0 Å². The summed E-state index contributed by atoms with van der Waals surface area (Å²) >= 11 is 0. The molecule has 1 aliphatic carbocycles. The second-order valence-electron chi connectivity index (χ2n) is 16.3. The average Bonchev–Trinajstić information content (AvgIpc) is 3.42. The van der Waals surface area contributed by atoms with E-state index in [9.17, 15) is 0 Å². The van der Waals surface area contributed by atoms with Crippen LogP contribution in [0.25, 0.3) is 107 Å². The minimum atomic E-state index is 0.607. The van der Waals surface area contributed by atoms with Gasteiger partial charge >= 0.3 is 0 Å². The summed E-state index contributed by atoms with van der Waals surface area (Å²) in [6.45, 7) is 0. The Morgan fingerprint density at radius 2 is 0.530 bits per heavy atom. The first-order valence-electron chi connectivity index (χ1n) is 22.2. The molecule has 0 atom stereocenters. The molecule has 312 valence electrons. The van der Waals surface area contributed by atoms with Crippen LogP contribution in [0.2, 0.25) is 0 Å². The number of rotatable bonds is 10. The summed E-state index contributed by atoms with van der Waals surface area (Å²) in [5.74, 6) is 3.88. The molecule has 0 fully saturated rings. The van der Waals surface area contributed by atoms with Crippen molar-refractivity contribution in [3.8, 4) is 101 Å². The molecule has 0 amide bonds. The van der Waals surface area contributed by atoms with E-state index in [1.807, 2.05) is 66.7 Å². The van der Waals surface area contributed by atoms with Crippen molar-refractivity contribution in [1.82, 2.24) is 29.9 Å². The number of hydrogen-bond acceptors (Lipinski definition) is 6. The van der Waals surface area contributed by atoms with Crippen LogP contribution in [0.4, 0.5) is 0 Å². The first-order valence-corrected chi connectivity index (χ1v) is 22.2. The minimum Gasteiger partial charge on any atom is -0.209 e. The van der Waals surface area contributed by atoms with E-state index in [2.05, 4.69) is 164 Å². The Morgan fingerprint density at radius 3 is 0.939 bits per heavy atom. The molecule has 0 N–H and O–H groups in total. The maximum Gasteiger partial charge on any atom is 0.164 e. The highest BCUT2D eigenvalue weighted by molar-refractivity contribution is 5.80. The fourth-order valence-electron chi connectivity index (χ4n) is 8.38. The third-order valence-corrected chi connectivity index (χ3v) is 11.9. The predicted molar refractivity (Wildman–Crippen MR) is 268 cm³/mol. The van der Waals surface area contributed by atoms with Gasteiger partial charge in [-0.05, 0) is 87.2 Å². The molecule has 2 heterocycles. The van der Waals surface area contributed by atoms with Crippen LogP contribution < -0.4 is 0 Å². The van der Waals surface area contributed by atoms with Crippen LogP contribution >= 0.6 is 0 Å². The normalized spacial score (nSPS) is 12.2. The zero-order valence-electron chi connectivity index (χ0n) is 36.0. The SMILES string of the molecule is C1=CCCC(c2nc(-c3ccccc3)nc(-c3cccc(-c4cccc(-c5cccc(-c6nc(-c7ccccc7)nc(-c7ccc(-c8cccc(-c9ccccc9)c8)cc7)n6)c5)c4)c3)n2)=C1. The van der Waals surface area contributed by atoms with Crippen molar-refractivity contribution in [3.63, 3.8) is 0 Å². The number of nitrogens with zero attached hydrogens (tertiary/aromatic N) is 6. The van der Waals surface area contributed by atoms with Crippen molar-refractivity contribution in [2.24, 2.45) is 0 Å². The molecule has 6 heteroatoms. The molecule has 6 nitrogen and oxygen atoms in total. The summed E-state index contributed by atoms with van der Waals surface area (Å²) in [5.41, 5.74) is 14.7. The summed E-state index contributed by atoms with van der Waals surface area (Å²) in [5, 5.41) is 0. The van der Waals surface area contributed by atoms with E-state index in [1.54, 1.807) is 0 Å². The van der Waals surface area contributed by atoms with E-state index < -0.39 is 0 Å². The Hall–Kier alpha value is -8.74. The van der Waals surface area contributed by atoms with Crippen molar-refractivity contribution < 1.29 is 0 Å². The number of aromatic nitrogens is 6. The largest absolute Gasteiger partial charge is 0.209 e. The second-order valence-corrected chi connectivity index (χ2v) is 16.3.